The van der Waals surface area contributed by atoms with E-state index in [9.17, 15) is 0 Å². The Morgan fingerprint density at radius 3 is 2.84 bits per heavy atom. The summed E-state index contributed by atoms with van der Waals surface area (Å²) in [7, 11) is 0. The van der Waals surface area contributed by atoms with Crippen LogP contribution in [0.25, 0.3) is 0 Å². The van der Waals surface area contributed by atoms with Crippen LogP contribution < -0.4 is 0 Å². The molecular weight excluding hydrogens is 276 g/mol. The molecule has 0 spiro atoms. The maximum atomic E-state index is 6.19. The highest BCUT2D eigenvalue weighted by atomic mass is 35.5. The van der Waals surface area contributed by atoms with Crippen molar-refractivity contribution in [2.24, 2.45) is 0 Å². The zero-order valence-electron chi connectivity index (χ0n) is 10.6. The summed E-state index contributed by atoms with van der Waals surface area (Å²) in [5, 5.41) is 0.779. The van der Waals surface area contributed by atoms with Gasteiger partial charge >= 0.3 is 0 Å². The van der Waals surface area contributed by atoms with Crippen LogP contribution in [0.15, 0.2) is 24.3 Å². The van der Waals surface area contributed by atoms with Crippen LogP contribution in [-0.2, 0) is 19.3 Å². The number of aryl methyl sites for hydroxylation is 1. The van der Waals surface area contributed by atoms with Crippen LogP contribution >= 0.6 is 23.8 Å². The molecule has 2 nitrogen and oxygen atoms in total. The quantitative estimate of drug-likeness (QED) is 0.837. The van der Waals surface area contributed by atoms with Crippen molar-refractivity contribution in [3.05, 3.63) is 56.6 Å². The summed E-state index contributed by atoms with van der Waals surface area (Å²) in [6.07, 6.45) is 5.29. The fourth-order valence-corrected chi connectivity index (χ4v) is 3.12. The van der Waals surface area contributed by atoms with E-state index in [-0.39, 0.29) is 0 Å². The largest absolute Gasteiger partial charge is 0.347 e. The number of nitrogens with zero attached hydrogens (tertiary/aromatic N) is 1. The second-order valence-corrected chi connectivity index (χ2v) is 5.71. The second-order valence-electron chi connectivity index (χ2n) is 4.92. The highest BCUT2D eigenvalue weighted by Crippen LogP contribution is 2.22. The van der Waals surface area contributed by atoms with E-state index in [2.05, 4.69) is 9.97 Å². The van der Waals surface area contributed by atoms with Crippen LogP contribution in [0, 0.1) is 4.64 Å². The van der Waals surface area contributed by atoms with Crippen molar-refractivity contribution < 1.29 is 0 Å². The van der Waals surface area contributed by atoms with Gasteiger partial charge in [-0.05, 0) is 37.3 Å². The minimum atomic E-state index is 0.705. The van der Waals surface area contributed by atoms with Gasteiger partial charge in [-0.25, -0.2) is 4.98 Å². The standard InChI is InChI=1S/C15H15ClN2S/c16-12-7-3-1-5-10(12)9-14-17-13-8-4-2-6-11(13)15(19)18-14/h1,3,5,7H,2,4,6,8-9H2,(H,17,18,19). The number of rotatable bonds is 2. The van der Waals surface area contributed by atoms with Crippen molar-refractivity contribution in [1.82, 2.24) is 9.97 Å². The van der Waals surface area contributed by atoms with Gasteiger partial charge in [0.2, 0.25) is 0 Å². The number of aromatic nitrogens is 2. The van der Waals surface area contributed by atoms with E-state index >= 15 is 0 Å². The third kappa shape index (κ3) is 2.72. The fourth-order valence-electron chi connectivity index (χ4n) is 2.58. The monoisotopic (exact) mass is 290 g/mol. The number of hydrogen-bond acceptors (Lipinski definition) is 2. The lowest BCUT2D eigenvalue weighted by molar-refractivity contribution is 0.653. The van der Waals surface area contributed by atoms with E-state index in [4.69, 9.17) is 23.8 Å². The molecule has 1 aliphatic rings. The zero-order chi connectivity index (χ0) is 13.2. The summed E-state index contributed by atoms with van der Waals surface area (Å²) in [4.78, 5) is 7.97. The first-order chi connectivity index (χ1) is 9.24. The minimum Gasteiger partial charge on any atom is -0.347 e. The molecule has 4 heteroatoms. The number of fused-ring (bicyclic) bond motifs is 1. The van der Waals surface area contributed by atoms with Crippen LogP contribution in [0.2, 0.25) is 5.02 Å². The van der Waals surface area contributed by atoms with E-state index in [0.29, 0.717) is 6.42 Å². The normalized spacial score (nSPS) is 14.2. The summed E-state index contributed by atoms with van der Waals surface area (Å²) in [5.74, 6) is 0.916. The van der Waals surface area contributed by atoms with E-state index in [1.807, 2.05) is 24.3 Å². The number of aromatic amines is 1. The van der Waals surface area contributed by atoms with Crippen molar-refractivity contribution in [1.29, 1.82) is 0 Å². The molecule has 0 unspecified atom stereocenters. The van der Waals surface area contributed by atoms with E-state index in [0.717, 1.165) is 33.9 Å². The van der Waals surface area contributed by atoms with Crippen LogP contribution in [0.1, 0.15) is 35.5 Å². The average molecular weight is 291 g/mol. The summed E-state index contributed by atoms with van der Waals surface area (Å²) in [6.45, 7) is 0. The highest BCUT2D eigenvalue weighted by molar-refractivity contribution is 7.71. The molecule has 98 valence electrons. The molecule has 0 fully saturated rings. The molecule has 0 amide bonds. The van der Waals surface area contributed by atoms with Crippen LogP contribution in [-0.4, -0.2) is 9.97 Å². The van der Waals surface area contributed by atoms with Crippen molar-refractivity contribution in [2.45, 2.75) is 32.1 Å². The first kappa shape index (κ1) is 12.8. The fraction of sp³-hybridized carbons (Fsp3) is 0.333. The SMILES string of the molecule is S=c1nc(Cc2ccccc2Cl)[nH]c2c1CCCC2. The van der Waals surface area contributed by atoms with Crippen molar-refractivity contribution in [2.75, 3.05) is 0 Å². The Balaban J connectivity index is 1.96. The van der Waals surface area contributed by atoms with E-state index in [1.54, 1.807) is 0 Å². The van der Waals surface area contributed by atoms with Crippen molar-refractivity contribution >= 4 is 23.8 Å². The molecule has 0 aliphatic heterocycles. The van der Waals surface area contributed by atoms with Gasteiger partial charge in [-0.3, -0.25) is 0 Å². The third-order valence-corrected chi connectivity index (χ3v) is 4.28. The molecule has 0 saturated heterocycles. The van der Waals surface area contributed by atoms with Gasteiger partial charge in [-0.1, -0.05) is 42.0 Å². The second kappa shape index (κ2) is 5.43. The van der Waals surface area contributed by atoms with Crippen molar-refractivity contribution in [3.8, 4) is 0 Å². The Morgan fingerprint density at radius 2 is 2.00 bits per heavy atom. The Kier molecular flexibility index (Phi) is 3.67. The summed E-state index contributed by atoms with van der Waals surface area (Å²) in [6, 6.07) is 7.87. The van der Waals surface area contributed by atoms with Gasteiger partial charge in [-0.15, -0.1) is 0 Å². The van der Waals surface area contributed by atoms with Crippen LogP contribution in [0.3, 0.4) is 0 Å². The van der Waals surface area contributed by atoms with E-state index in [1.165, 1.54) is 24.1 Å². The third-order valence-electron chi connectivity index (χ3n) is 3.57. The number of nitrogens with one attached hydrogen (secondary N) is 1. The Hall–Kier alpha value is -1.19. The summed E-state index contributed by atoms with van der Waals surface area (Å²) < 4.78 is 0.760. The predicted octanol–water partition coefficient (Wildman–Crippen LogP) is 4.26. The number of halogens is 1. The molecule has 0 radical (unpaired) electrons. The Labute approximate surface area is 122 Å². The first-order valence-electron chi connectivity index (χ1n) is 6.58. The highest BCUT2D eigenvalue weighted by Gasteiger charge is 2.13. The van der Waals surface area contributed by atoms with Gasteiger partial charge in [0.15, 0.2) is 0 Å². The molecular formula is C15H15ClN2S. The smallest absolute Gasteiger partial charge is 0.133 e. The molecule has 0 atom stereocenters. The van der Waals surface area contributed by atoms with Gasteiger partial charge in [0.1, 0.15) is 10.5 Å². The molecule has 1 aromatic heterocycles. The molecule has 1 N–H and O–H groups in total. The lowest BCUT2D eigenvalue weighted by Crippen LogP contribution is -2.10. The predicted molar refractivity (Wildman–Crippen MR) is 80.3 cm³/mol. The Morgan fingerprint density at radius 1 is 1.21 bits per heavy atom. The average Bonchev–Trinajstić information content (AvgIpc) is 2.42. The van der Waals surface area contributed by atoms with Crippen LogP contribution in [0.4, 0.5) is 0 Å². The van der Waals surface area contributed by atoms with Gasteiger partial charge in [0.05, 0.1) is 0 Å². The van der Waals surface area contributed by atoms with Gasteiger partial charge < -0.3 is 4.98 Å². The topological polar surface area (TPSA) is 28.7 Å². The van der Waals surface area contributed by atoms with Crippen LogP contribution in [0.5, 0.6) is 0 Å². The van der Waals surface area contributed by atoms with Gasteiger partial charge in [0, 0.05) is 22.7 Å². The lowest BCUT2D eigenvalue weighted by Gasteiger charge is -2.16. The summed E-state index contributed by atoms with van der Waals surface area (Å²) >= 11 is 11.6. The van der Waals surface area contributed by atoms with Gasteiger partial charge in [0.25, 0.3) is 0 Å². The maximum absolute atomic E-state index is 6.19. The molecule has 1 aromatic carbocycles. The van der Waals surface area contributed by atoms with Gasteiger partial charge in [-0.2, -0.15) is 0 Å². The minimum absolute atomic E-state index is 0.705. The number of hydrogen-bond donors (Lipinski definition) is 1. The molecule has 0 saturated carbocycles. The van der Waals surface area contributed by atoms with Crippen molar-refractivity contribution in [3.63, 3.8) is 0 Å². The molecule has 1 heterocycles. The number of H-pyrrole nitrogens is 1. The number of benzene rings is 1. The molecule has 1 aliphatic carbocycles. The summed E-state index contributed by atoms with van der Waals surface area (Å²) in [5.41, 5.74) is 3.59. The Bertz CT molecular complexity index is 663. The molecule has 0 bridgehead atoms. The molecule has 19 heavy (non-hydrogen) atoms. The maximum Gasteiger partial charge on any atom is 0.133 e. The first-order valence-corrected chi connectivity index (χ1v) is 7.37. The lowest BCUT2D eigenvalue weighted by atomic mass is 9.97. The zero-order valence-corrected chi connectivity index (χ0v) is 12.2. The van der Waals surface area contributed by atoms with E-state index < -0.39 is 0 Å². The molecule has 3 rings (SSSR count). The molecule has 2 aromatic rings.